The van der Waals surface area contributed by atoms with Crippen LogP contribution in [0.25, 0.3) is 0 Å². The van der Waals surface area contributed by atoms with Crippen molar-refractivity contribution in [2.45, 2.75) is 18.8 Å². The van der Waals surface area contributed by atoms with Crippen molar-refractivity contribution < 1.29 is 9.84 Å². The van der Waals surface area contributed by atoms with Gasteiger partial charge in [0, 0.05) is 23.9 Å². The molecule has 0 bridgehead atoms. The minimum atomic E-state index is -0.335. The first kappa shape index (κ1) is 11.3. The van der Waals surface area contributed by atoms with E-state index in [-0.39, 0.29) is 12.2 Å². The van der Waals surface area contributed by atoms with Crippen LogP contribution in [0, 0.1) is 0 Å². The number of hydrogen-bond donors (Lipinski definition) is 1. The van der Waals surface area contributed by atoms with Crippen molar-refractivity contribution in [1.29, 1.82) is 0 Å². The molecule has 0 amide bonds. The van der Waals surface area contributed by atoms with Crippen LogP contribution in [0.2, 0.25) is 0 Å². The molecule has 0 saturated carbocycles. The predicted molar refractivity (Wildman–Crippen MR) is 63.7 cm³/mol. The third kappa shape index (κ3) is 3.38. The number of pyridine rings is 1. The van der Waals surface area contributed by atoms with Crippen LogP contribution in [0.4, 0.5) is 0 Å². The van der Waals surface area contributed by atoms with Crippen LogP contribution in [-0.4, -0.2) is 33.8 Å². The van der Waals surface area contributed by atoms with Gasteiger partial charge in [0.25, 0.3) is 0 Å². The lowest BCUT2D eigenvalue weighted by atomic mass is 10.2. The summed E-state index contributed by atoms with van der Waals surface area (Å²) in [5.41, 5.74) is 1.10. The molecule has 0 spiro atoms. The van der Waals surface area contributed by atoms with Crippen molar-refractivity contribution in [3.63, 3.8) is 0 Å². The van der Waals surface area contributed by atoms with Crippen LogP contribution in [0.1, 0.15) is 5.56 Å². The fourth-order valence-electron chi connectivity index (χ4n) is 1.29. The summed E-state index contributed by atoms with van der Waals surface area (Å²) in [5.74, 6) is 1.61. The maximum absolute atomic E-state index is 9.68. The zero-order chi connectivity index (χ0) is 10.5. The molecule has 1 saturated heterocycles. The van der Waals surface area contributed by atoms with Crippen molar-refractivity contribution in [3.8, 4) is 0 Å². The number of nitrogens with zero attached hydrogens (tertiary/aromatic N) is 1. The third-order valence-corrected chi connectivity index (χ3v) is 4.62. The van der Waals surface area contributed by atoms with E-state index in [9.17, 15) is 5.11 Å². The first-order valence-electron chi connectivity index (χ1n) is 4.79. The molecule has 82 valence electrons. The van der Waals surface area contributed by atoms with Gasteiger partial charge in [0.2, 0.25) is 0 Å². The van der Waals surface area contributed by atoms with Gasteiger partial charge in [0.05, 0.1) is 18.8 Å². The first-order valence-corrected chi connectivity index (χ1v) is 7.28. The van der Waals surface area contributed by atoms with Gasteiger partial charge in [-0.3, -0.25) is 4.98 Å². The van der Waals surface area contributed by atoms with Gasteiger partial charge in [-0.15, -0.1) is 0 Å². The number of aliphatic hydroxyl groups excluding tert-OH is 1. The van der Waals surface area contributed by atoms with Crippen LogP contribution >= 0.6 is 21.6 Å². The van der Waals surface area contributed by atoms with Crippen molar-refractivity contribution >= 4 is 21.6 Å². The van der Waals surface area contributed by atoms with Gasteiger partial charge in [-0.2, -0.15) is 0 Å². The number of ether oxygens (including phenoxy) is 1. The monoisotopic (exact) mass is 243 g/mol. The molecule has 0 unspecified atom stereocenters. The van der Waals surface area contributed by atoms with Gasteiger partial charge in [-0.1, -0.05) is 21.6 Å². The Balaban J connectivity index is 1.82. The van der Waals surface area contributed by atoms with Crippen LogP contribution < -0.4 is 0 Å². The number of hydrogen-bond acceptors (Lipinski definition) is 5. The number of rotatable bonds is 3. The zero-order valence-electron chi connectivity index (χ0n) is 8.20. The summed E-state index contributed by atoms with van der Waals surface area (Å²) in [5, 5.41) is 9.68. The molecule has 1 aromatic rings. The molecule has 2 heterocycles. The summed E-state index contributed by atoms with van der Waals surface area (Å²) in [4.78, 5) is 3.94. The highest BCUT2D eigenvalue weighted by atomic mass is 33.1. The molecule has 15 heavy (non-hydrogen) atoms. The summed E-state index contributed by atoms with van der Waals surface area (Å²) < 4.78 is 5.67. The average Bonchev–Trinajstić information content (AvgIpc) is 2.29. The fraction of sp³-hybridized carbons (Fsp3) is 0.500. The maximum Gasteiger partial charge on any atom is 0.0945 e. The standard InChI is InChI=1S/C10H13NO2S2/c12-9-6-14-15-7-10(9)13-5-8-1-3-11-4-2-8/h1-4,9-10,12H,5-7H2/t9-,10-/m1/s1. The lowest BCUT2D eigenvalue weighted by Gasteiger charge is -2.26. The molecular formula is C10H13NO2S2. The van der Waals surface area contributed by atoms with Gasteiger partial charge in [-0.25, -0.2) is 0 Å². The second kappa shape index (κ2) is 5.75. The Bertz CT molecular complexity index is 297. The van der Waals surface area contributed by atoms with Gasteiger partial charge < -0.3 is 9.84 Å². The van der Waals surface area contributed by atoms with E-state index < -0.39 is 0 Å². The van der Waals surface area contributed by atoms with E-state index in [1.165, 1.54) is 0 Å². The fourth-order valence-corrected chi connectivity index (χ4v) is 3.69. The number of aliphatic hydroxyl groups is 1. The van der Waals surface area contributed by atoms with Crippen LogP contribution in [0.15, 0.2) is 24.5 Å². The minimum absolute atomic E-state index is 0.0376. The normalized spacial score (nSPS) is 26.5. The lowest BCUT2D eigenvalue weighted by Crippen LogP contribution is -2.35. The highest BCUT2D eigenvalue weighted by Gasteiger charge is 2.24. The Labute approximate surface area is 97.0 Å². The first-order chi connectivity index (χ1) is 7.36. The molecule has 0 radical (unpaired) electrons. The van der Waals surface area contributed by atoms with E-state index in [0.29, 0.717) is 6.61 Å². The molecule has 2 rings (SSSR count). The van der Waals surface area contributed by atoms with E-state index in [0.717, 1.165) is 17.1 Å². The molecule has 0 aromatic carbocycles. The van der Waals surface area contributed by atoms with E-state index in [1.54, 1.807) is 34.0 Å². The minimum Gasteiger partial charge on any atom is -0.389 e. The van der Waals surface area contributed by atoms with Crippen molar-refractivity contribution in [3.05, 3.63) is 30.1 Å². The summed E-state index contributed by atoms with van der Waals surface area (Å²) >= 11 is 0. The summed E-state index contributed by atoms with van der Waals surface area (Å²) in [6.45, 7) is 0.551. The van der Waals surface area contributed by atoms with Crippen molar-refractivity contribution in [1.82, 2.24) is 4.98 Å². The summed E-state index contributed by atoms with van der Waals surface area (Å²) in [7, 11) is 3.47. The molecule has 0 aliphatic carbocycles. The Hall–Kier alpha value is -0.230. The van der Waals surface area contributed by atoms with E-state index in [2.05, 4.69) is 4.98 Å². The molecule has 1 N–H and O–H groups in total. The summed E-state index contributed by atoms with van der Waals surface area (Å²) in [6.07, 6.45) is 3.13. The lowest BCUT2D eigenvalue weighted by molar-refractivity contribution is -0.0225. The number of aromatic nitrogens is 1. The average molecular weight is 243 g/mol. The van der Waals surface area contributed by atoms with Crippen LogP contribution in [0.3, 0.4) is 0 Å². The Morgan fingerprint density at radius 2 is 2.07 bits per heavy atom. The smallest absolute Gasteiger partial charge is 0.0945 e. The van der Waals surface area contributed by atoms with Crippen LogP contribution in [-0.2, 0) is 11.3 Å². The van der Waals surface area contributed by atoms with Crippen molar-refractivity contribution in [2.75, 3.05) is 11.5 Å². The van der Waals surface area contributed by atoms with Gasteiger partial charge >= 0.3 is 0 Å². The van der Waals surface area contributed by atoms with E-state index in [1.807, 2.05) is 12.1 Å². The molecule has 2 atom stereocenters. The Morgan fingerprint density at radius 3 is 2.80 bits per heavy atom. The molecule has 1 fully saturated rings. The van der Waals surface area contributed by atoms with Gasteiger partial charge in [0.1, 0.15) is 0 Å². The molecule has 3 nitrogen and oxygen atoms in total. The largest absolute Gasteiger partial charge is 0.389 e. The maximum atomic E-state index is 9.68. The molecule has 1 aromatic heterocycles. The molecular weight excluding hydrogens is 230 g/mol. The van der Waals surface area contributed by atoms with E-state index >= 15 is 0 Å². The molecule has 1 aliphatic heterocycles. The molecule has 5 heteroatoms. The van der Waals surface area contributed by atoms with Crippen LogP contribution in [0.5, 0.6) is 0 Å². The quantitative estimate of drug-likeness (QED) is 0.819. The SMILES string of the molecule is O[C@@H]1CSSC[C@H]1OCc1ccncc1. The van der Waals surface area contributed by atoms with E-state index in [4.69, 9.17) is 4.74 Å². The van der Waals surface area contributed by atoms with Crippen molar-refractivity contribution in [2.24, 2.45) is 0 Å². The Kier molecular flexibility index (Phi) is 4.31. The Morgan fingerprint density at radius 1 is 1.33 bits per heavy atom. The second-order valence-electron chi connectivity index (χ2n) is 3.34. The predicted octanol–water partition coefficient (Wildman–Crippen LogP) is 1.72. The third-order valence-electron chi connectivity index (χ3n) is 2.20. The zero-order valence-corrected chi connectivity index (χ0v) is 9.84. The highest BCUT2D eigenvalue weighted by Crippen LogP contribution is 2.31. The molecule has 1 aliphatic rings. The van der Waals surface area contributed by atoms with Gasteiger partial charge in [-0.05, 0) is 17.7 Å². The highest BCUT2D eigenvalue weighted by molar-refractivity contribution is 8.76. The summed E-state index contributed by atoms with van der Waals surface area (Å²) in [6, 6.07) is 3.86. The topological polar surface area (TPSA) is 42.4 Å². The van der Waals surface area contributed by atoms with Gasteiger partial charge in [0.15, 0.2) is 0 Å². The second-order valence-corrected chi connectivity index (χ2v) is 5.89.